The first-order chi connectivity index (χ1) is 10.2. The van der Waals surface area contributed by atoms with E-state index in [2.05, 4.69) is 17.4 Å². The minimum absolute atomic E-state index is 0.124. The van der Waals surface area contributed by atoms with E-state index in [1.165, 1.54) is 18.4 Å². The summed E-state index contributed by atoms with van der Waals surface area (Å²) >= 11 is 0. The SMILES string of the molecule is CCOC(=O)CC(Cc1ccc(OCC)cc1)NC1CC1. The Hall–Kier alpha value is -1.55. The Labute approximate surface area is 126 Å². The summed E-state index contributed by atoms with van der Waals surface area (Å²) in [7, 11) is 0. The number of carbonyl (C=O) groups excluding carboxylic acids is 1. The van der Waals surface area contributed by atoms with Crippen LogP contribution < -0.4 is 10.1 Å². The summed E-state index contributed by atoms with van der Waals surface area (Å²) in [4.78, 5) is 11.7. The first-order valence-electron chi connectivity index (χ1n) is 7.84. The normalized spacial score (nSPS) is 15.5. The predicted molar refractivity (Wildman–Crippen MR) is 82.5 cm³/mol. The van der Waals surface area contributed by atoms with Crippen molar-refractivity contribution in [2.45, 2.75) is 51.6 Å². The van der Waals surface area contributed by atoms with Gasteiger partial charge in [0.1, 0.15) is 5.75 Å². The molecule has 0 spiro atoms. The molecule has 21 heavy (non-hydrogen) atoms. The van der Waals surface area contributed by atoms with E-state index in [4.69, 9.17) is 9.47 Å². The molecule has 1 unspecified atom stereocenters. The van der Waals surface area contributed by atoms with Gasteiger partial charge in [0, 0.05) is 12.1 Å². The van der Waals surface area contributed by atoms with Crippen molar-refractivity contribution in [3.63, 3.8) is 0 Å². The molecular formula is C17H25NO3. The van der Waals surface area contributed by atoms with Crippen molar-refractivity contribution >= 4 is 5.97 Å². The molecule has 0 amide bonds. The average Bonchev–Trinajstić information content (AvgIpc) is 3.25. The van der Waals surface area contributed by atoms with Gasteiger partial charge in [-0.1, -0.05) is 12.1 Å². The zero-order valence-corrected chi connectivity index (χ0v) is 12.9. The molecule has 0 bridgehead atoms. The molecule has 1 aliphatic carbocycles. The standard InChI is InChI=1S/C17H25NO3/c1-3-20-16-9-5-13(6-10-16)11-15(18-14-7-8-14)12-17(19)21-4-2/h5-6,9-10,14-15,18H,3-4,7-8,11-12H2,1-2H3. The van der Waals surface area contributed by atoms with Crippen molar-refractivity contribution in [1.82, 2.24) is 5.32 Å². The Morgan fingerprint density at radius 3 is 2.52 bits per heavy atom. The van der Waals surface area contributed by atoms with Crippen molar-refractivity contribution in [2.75, 3.05) is 13.2 Å². The van der Waals surface area contributed by atoms with Gasteiger partial charge in [0.15, 0.2) is 0 Å². The second-order valence-electron chi connectivity index (χ2n) is 5.43. The molecule has 1 fully saturated rings. The number of hydrogen-bond acceptors (Lipinski definition) is 4. The monoisotopic (exact) mass is 291 g/mol. The average molecular weight is 291 g/mol. The van der Waals surface area contributed by atoms with E-state index in [0.717, 1.165) is 12.2 Å². The lowest BCUT2D eigenvalue weighted by molar-refractivity contribution is -0.143. The molecule has 0 aromatic heterocycles. The largest absolute Gasteiger partial charge is 0.494 e. The molecule has 1 aliphatic rings. The molecular weight excluding hydrogens is 266 g/mol. The summed E-state index contributed by atoms with van der Waals surface area (Å²) < 4.78 is 10.5. The second kappa shape index (κ2) is 8.03. The van der Waals surface area contributed by atoms with Gasteiger partial charge in [-0.25, -0.2) is 0 Å². The summed E-state index contributed by atoms with van der Waals surface area (Å²) in [5.74, 6) is 0.764. The summed E-state index contributed by atoms with van der Waals surface area (Å²) in [6.07, 6.45) is 3.68. The quantitative estimate of drug-likeness (QED) is 0.711. The highest BCUT2D eigenvalue weighted by atomic mass is 16.5. The van der Waals surface area contributed by atoms with E-state index in [-0.39, 0.29) is 12.0 Å². The first-order valence-corrected chi connectivity index (χ1v) is 7.84. The Morgan fingerprint density at radius 2 is 1.95 bits per heavy atom. The molecule has 0 heterocycles. The van der Waals surface area contributed by atoms with Crippen molar-refractivity contribution in [3.05, 3.63) is 29.8 Å². The number of carbonyl (C=O) groups is 1. The van der Waals surface area contributed by atoms with Crippen LogP contribution in [0.3, 0.4) is 0 Å². The molecule has 1 aromatic carbocycles. The van der Waals surface area contributed by atoms with Crippen LogP contribution in [-0.2, 0) is 16.0 Å². The van der Waals surface area contributed by atoms with Crippen molar-refractivity contribution in [3.8, 4) is 5.75 Å². The molecule has 1 aromatic rings. The smallest absolute Gasteiger partial charge is 0.307 e. The lowest BCUT2D eigenvalue weighted by Crippen LogP contribution is -2.35. The molecule has 1 atom stereocenters. The molecule has 1 N–H and O–H groups in total. The maximum Gasteiger partial charge on any atom is 0.307 e. The highest BCUT2D eigenvalue weighted by Crippen LogP contribution is 2.22. The Morgan fingerprint density at radius 1 is 1.24 bits per heavy atom. The zero-order valence-electron chi connectivity index (χ0n) is 12.9. The molecule has 4 nitrogen and oxygen atoms in total. The maximum atomic E-state index is 11.7. The van der Waals surface area contributed by atoms with Gasteiger partial charge in [-0.3, -0.25) is 4.79 Å². The van der Waals surface area contributed by atoms with Crippen LogP contribution in [0.2, 0.25) is 0 Å². The van der Waals surface area contributed by atoms with Crippen LogP contribution in [0.4, 0.5) is 0 Å². The zero-order chi connectivity index (χ0) is 15.1. The van der Waals surface area contributed by atoms with Gasteiger partial charge in [-0.15, -0.1) is 0 Å². The third-order valence-corrected chi connectivity index (χ3v) is 3.48. The van der Waals surface area contributed by atoms with Gasteiger partial charge in [0.2, 0.25) is 0 Å². The number of ether oxygens (including phenoxy) is 2. The predicted octanol–water partition coefficient (Wildman–Crippen LogP) is 2.70. The highest BCUT2D eigenvalue weighted by molar-refractivity contribution is 5.70. The van der Waals surface area contributed by atoms with Crippen LogP contribution >= 0.6 is 0 Å². The van der Waals surface area contributed by atoms with E-state index in [0.29, 0.717) is 25.7 Å². The summed E-state index contributed by atoms with van der Waals surface area (Å²) in [6.45, 7) is 4.93. The minimum Gasteiger partial charge on any atom is -0.494 e. The fourth-order valence-corrected chi connectivity index (χ4v) is 2.37. The Kier molecular flexibility index (Phi) is 6.05. The molecule has 4 heteroatoms. The lowest BCUT2D eigenvalue weighted by Gasteiger charge is -2.18. The third-order valence-electron chi connectivity index (χ3n) is 3.48. The van der Waals surface area contributed by atoms with Crippen LogP contribution in [0.25, 0.3) is 0 Å². The molecule has 0 radical (unpaired) electrons. The number of nitrogens with one attached hydrogen (secondary N) is 1. The van der Waals surface area contributed by atoms with Gasteiger partial charge in [0.25, 0.3) is 0 Å². The van der Waals surface area contributed by atoms with Gasteiger partial charge in [0.05, 0.1) is 19.6 Å². The van der Waals surface area contributed by atoms with E-state index >= 15 is 0 Å². The summed E-state index contributed by atoms with van der Waals surface area (Å²) in [5, 5.41) is 3.54. The summed E-state index contributed by atoms with van der Waals surface area (Å²) in [6, 6.07) is 8.83. The van der Waals surface area contributed by atoms with Gasteiger partial charge in [-0.2, -0.15) is 0 Å². The highest BCUT2D eigenvalue weighted by Gasteiger charge is 2.26. The molecule has 0 aliphatic heterocycles. The Balaban J connectivity index is 1.91. The number of hydrogen-bond donors (Lipinski definition) is 1. The minimum atomic E-state index is -0.124. The van der Waals surface area contributed by atoms with Crippen LogP contribution in [0.5, 0.6) is 5.75 Å². The van der Waals surface area contributed by atoms with Crippen LogP contribution in [0, 0.1) is 0 Å². The fourth-order valence-electron chi connectivity index (χ4n) is 2.37. The van der Waals surface area contributed by atoms with Gasteiger partial charge >= 0.3 is 5.97 Å². The second-order valence-corrected chi connectivity index (χ2v) is 5.43. The van der Waals surface area contributed by atoms with Crippen molar-refractivity contribution in [2.24, 2.45) is 0 Å². The van der Waals surface area contributed by atoms with E-state index in [1.54, 1.807) is 0 Å². The fraction of sp³-hybridized carbons (Fsp3) is 0.588. The van der Waals surface area contributed by atoms with Gasteiger partial charge < -0.3 is 14.8 Å². The van der Waals surface area contributed by atoms with E-state index in [1.807, 2.05) is 26.0 Å². The maximum absolute atomic E-state index is 11.7. The van der Waals surface area contributed by atoms with E-state index < -0.39 is 0 Å². The summed E-state index contributed by atoms with van der Waals surface area (Å²) in [5.41, 5.74) is 1.21. The topological polar surface area (TPSA) is 47.6 Å². The lowest BCUT2D eigenvalue weighted by atomic mass is 10.0. The van der Waals surface area contributed by atoms with E-state index in [9.17, 15) is 4.79 Å². The Bertz CT molecular complexity index is 440. The van der Waals surface area contributed by atoms with Crippen LogP contribution in [-0.4, -0.2) is 31.3 Å². The van der Waals surface area contributed by atoms with Crippen LogP contribution in [0.1, 0.15) is 38.7 Å². The van der Waals surface area contributed by atoms with Crippen molar-refractivity contribution < 1.29 is 14.3 Å². The molecule has 2 rings (SSSR count). The first kappa shape index (κ1) is 15.8. The molecule has 0 saturated heterocycles. The molecule has 116 valence electrons. The number of rotatable bonds is 9. The number of benzene rings is 1. The van der Waals surface area contributed by atoms with Gasteiger partial charge in [-0.05, 0) is 50.8 Å². The third kappa shape index (κ3) is 5.76. The number of esters is 1. The molecule has 1 saturated carbocycles. The van der Waals surface area contributed by atoms with Crippen LogP contribution in [0.15, 0.2) is 24.3 Å². The van der Waals surface area contributed by atoms with Crippen molar-refractivity contribution in [1.29, 1.82) is 0 Å².